The van der Waals surface area contributed by atoms with Crippen LogP contribution in [0.4, 0.5) is 5.82 Å². The van der Waals surface area contributed by atoms with Gasteiger partial charge in [0.2, 0.25) is 0 Å². The average Bonchev–Trinajstić information content (AvgIpc) is 2.39. The Morgan fingerprint density at radius 1 is 1.50 bits per heavy atom. The molecule has 0 bridgehead atoms. The van der Waals surface area contributed by atoms with Crippen LogP contribution in [0.2, 0.25) is 0 Å². The molecule has 1 atom stereocenters. The standard InChI is InChI=1S/C13H19BrClN3/c1-3-12-9-18(5-4-17(12)2)13-10(7-15)6-11(14)8-16-13/h6,8,12H,3-5,7,9H2,1-2H3. The molecule has 5 heteroatoms. The van der Waals surface area contributed by atoms with Crippen LogP contribution < -0.4 is 4.90 Å². The molecular weight excluding hydrogens is 314 g/mol. The first-order valence-corrected chi connectivity index (χ1v) is 7.64. The molecule has 2 rings (SSSR count). The minimum Gasteiger partial charge on any atom is -0.354 e. The van der Waals surface area contributed by atoms with Crippen molar-refractivity contribution in [1.82, 2.24) is 9.88 Å². The summed E-state index contributed by atoms with van der Waals surface area (Å²) in [6.45, 7) is 5.37. The molecule has 1 aliphatic rings. The molecule has 0 amide bonds. The molecule has 0 saturated carbocycles. The molecule has 1 saturated heterocycles. The van der Waals surface area contributed by atoms with Crippen molar-refractivity contribution in [3.8, 4) is 0 Å². The first kappa shape index (κ1) is 14.1. The minimum absolute atomic E-state index is 0.505. The molecular formula is C13H19BrClN3. The maximum absolute atomic E-state index is 6.02. The Hall–Kier alpha value is -0.320. The van der Waals surface area contributed by atoms with E-state index in [9.17, 15) is 0 Å². The normalized spacial score (nSPS) is 21.3. The van der Waals surface area contributed by atoms with Crippen molar-refractivity contribution in [3.63, 3.8) is 0 Å². The smallest absolute Gasteiger partial charge is 0.133 e. The van der Waals surface area contributed by atoms with Crippen molar-refractivity contribution in [2.24, 2.45) is 0 Å². The fraction of sp³-hybridized carbons (Fsp3) is 0.615. The van der Waals surface area contributed by atoms with E-state index < -0.39 is 0 Å². The van der Waals surface area contributed by atoms with Crippen molar-refractivity contribution in [1.29, 1.82) is 0 Å². The molecule has 0 spiro atoms. The first-order valence-electron chi connectivity index (χ1n) is 6.31. The molecule has 1 aliphatic heterocycles. The number of pyridine rings is 1. The third kappa shape index (κ3) is 2.98. The molecule has 1 aromatic rings. The topological polar surface area (TPSA) is 19.4 Å². The van der Waals surface area contributed by atoms with Crippen molar-refractivity contribution >= 4 is 33.3 Å². The van der Waals surface area contributed by atoms with Crippen LogP contribution in [0.25, 0.3) is 0 Å². The molecule has 18 heavy (non-hydrogen) atoms. The van der Waals surface area contributed by atoms with Gasteiger partial charge in [-0.15, -0.1) is 11.6 Å². The zero-order valence-electron chi connectivity index (χ0n) is 10.9. The van der Waals surface area contributed by atoms with Gasteiger partial charge in [0.15, 0.2) is 0 Å². The second-order valence-corrected chi connectivity index (χ2v) is 5.94. The maximum Gasteiger partial charge on any atom is 0.133 e. The molecule has 1 fully saturated rings. The highest BCUT2D eigenvalue weighted by atomic mass is 79.9. The number of rotatable bonds is 3. The Kier molecular flexibility index (Phi) is 4.87. The zero-order valence-corrected chi connectivity index (χ0v) is 13.2. The number of likely N-dealkylation sites (N-methyl/N-ethyl adjacent to an activating group) is 1. The highest BCUT2D eigenvalue weighted by Gasteiger charge is 2.24. The van der Waals surface area contributed by atoms with Crippen LogP contribution >= 0.6 is 27.5 Å². The first-order chi connectivity index (χ1) is 8.65. The summed E-state index contributed by atoms with van der Waals surface area (Å²) in [6.07, 6.45) is 3.02. The van der Waals surface area contributed by atoms with E-state index in [1.807, 2.05) is 6.20 Å². The van der Waals surface area contributed by atoms with Crippen LogP contribution in [-0.4, -0.2) is 42.6 Å². The monoisotopic (exact) mass is 331 g/mol. The van der Waals surface area contributed by atoms with Crippen LogP contribution in [0.1, 0.15) is 18.9 Å². The average molecular weight is 333 g/mol. The van der Waals surface area contributed by atoms with Gasteiger partial charge in [-0.25, -0.2) is 4.98 Å². The van der Waals surface area contributed by atoms with Crippen molar-refractivity contribution in [3.05, 3.63) is 22.3 Å². The number of nitrogens with zero attached hydrogens (tertiary/aromatic N) is 3. The van der Waals surface area contributed by atoms with Crippen LogP contribution in [0, 0.1) is 0 Å². The molecule has 0 aliphatic carbocycles. The highest BCUT2D eigenvalue weighted by Crippen LogP contribution is 2.25. The Balaban J connectivity index is 2.21. The van der Waals surface area contributed by atoms with Crippen LogP contribution in [-0.2, 0) is 5.88 Å². The van der Waals surface area contributed by atoms with Gasteiger partial charge < -0.3 is 4.90 Å². The molecule has 3 nitrogen and oxygen atoms in total. The van der Waals surface area contributed by atoms with Gasteiger partial charge in [0.1, 0.15) is 5.82 Å². The van der Waals surface area contributed by atoms with E-state index in [1.165, 1.54) is 6.42 Å². The predicted octanol–water partition coefficient (Wildman–Crippen LogP) is 3.11. The Morgan fingerprint density at radius 3 is 2.94 bits per heavy atom. The molecule has 1 unspecified atom stereocenters. The number of halogens is 2. The van der Waals surface area contributed by atoms with Gasteiger partial charge in [-0.1, -0.05) is 6.92 Å². The third-order valence-corrected chi connectivity index (χ3v) is 4.32. The summed E-state index contributed by atoms with van der Waals surface area (Å²) in [5.41, 5.74) is 1.10. The van der Waals surface area contributed by atoms with Gasteiger partial charge in [-0.2, -0.15) is 0 Å². The number of aromatic nitrogens is 1. The maximum atomic E-state index is 6.02. The molecule has 0 N–H and O–H groups in total. The lowest BCUT2D eigenvalue weighted by molar-refractivity contribution is 0.213. The number of hydrogen-bond donors (Lipinski definition) is 0. The molecule has 0 aromatic carbocycles. The Bertz CT molecular complexity index is 413. The minimum atomic E-state index is 0.505. The van der Waals surface area contributed by atoms with E-state index >= 15 is 0 Å². The van der Waals surface area contributed by atoms with Crippen LogP contribution in [0.5, 0.6) is 0 Å². The summed E-state index contributed by atoms with van der Waals surface area (Å²) >= 11 is 9.47. The SMILES string of the molecule is CCC1CN(c2ncc(Br)cc2CCl)CCN1C. The van der Waals surface area contributed by atoms with Crippen molar-refractivity contribution < 1.29 is 0 Å². The highest BCUT2D eigenvalue weighted by molar-refractivity contribution is 9.10. The lowest BCUT2D eigenvalue weighted by atomic mass is 10.1. The predicted molar refractivity (Wildman–Crippen MR) is 80.4 cm³/mol. The van der Waals surface area contributed by atoms with Gasteiger partial charge in [0.05, 0.1) is 5.88 Å². The van der Waals surface area contributed by atoms with Gasteiger partial charge in [0.25, 0.3) is 0 Å². The largest absolute Gasteiger partial charge is 0.354 e. The fourth-order valence-corrected chi connectivity index (χ4v) is 3.01. The fourth-order valence-electron chi connectivity index (χ4n) is 2.44. The summed E-state index contributed by atoms with van der Waals surface area (Å²) in [6, 6.07) is 2.67. The Labute approximate surface area is 122 Å². The number of alkyl halides is 1. The number of anilines is 1. The zero-order chi connectivity index (χ0) is 13.1. The number of piperazine rings is 1. The van der Waals surface area contributed by atoms with Crippen LogP contribution in [0.15, 0.2) is 16.7 Å². The van der Waals surface area contributed by atoms with E-state index in [4.69, 9.17) is 11.6 Å². The van der Waals surface area contributed by atoms with Crippen LogP contribution in [0.3, 0.4) is 0 Å². The molecule has 100 valence electrons. The van der Waals surface area contributed by atoms with Gasteiger partial charge in [-0.05, 0) is 35.5 Å². The van der Waals surface area contributed by atoms with Crippen molar-refractivity contribution in [2.45, 2.75) is 25.3 Å². The molecule has 0 radical (unpaired) electrons. The summed E-state index contributed by atoms with van der Waals surface area (Å²) in [7, 11) is 2.20. The van der Waals surface area contributed by atoms with Crippen molar-refractivity contribution in [2.75, 3.05) is 31.6 Å². The van der Waals surface area contributed by atoms with E-state index in [0.717, 1.165) is 35.5 Å². The van der Waals surface area contributed by atoms with E-state index in [0.29, 0.717) is 11.9 Å². The summed E-state index contributed by atoms with van der Waals surface area (Å²) < 4.78 is 0.989. The van der Waals surface area contributed by atoms with E-state index in [2.05, 4.69) is 50.8 Å². The van der Waals surface area contributed by atoms with E-state index in [-0.39, 0.29) is 0 Å². The van der Waals surface area contributed by atoms with Gasteiger partial charge in [0, 0.05) is 41.9 Å². The summed E-state index contributed by atoms with van der Waals surface area (Å²) in [5.74, 6) is 1.55. The van der Waals surface area contributed by atoms with Gasteiger partial charge in [-0.3, -0.25) is 4.90 Å². The molecule has 1 aromatic heterocycles. The van der Waals surface area contributed by atoms with E-state index in [1.54, 1.807) is 0 Å². The second kappa shape index (κ2) is 6.22. The Morgan fingerprint density at radius 2 is 2.28 bits per heavy atom. The quantitative estimate of drug-likeness (QED) is 0.793. The number of hydrogen-bond acceptors (Lipinski definition) is 3. The van der Waals surface area contributed by atoms with Gasteiger partial charge >= 0.3 is 0 Å². The third-order valence-electron chi connectivity index (χ3n) is 3.60. The summed E-state index contributed by atoms with van der Waals surface area (Å²) in [5, 5.41) is 0. The lowest BCUT2D eigenvalue weighted by Crippen LogP contribution is -2.51. The lowest BCUT2D eigenvalue weighted by Gasteiger charge is -2.40. The molecule has 2 heterocycles. The summed E-state index contributed by atoms with van der Waals surface area (Å²) in [4.78, 5) is 9.33. The second-order valence-electron chi connectivity index (χ2n) is 4.76.